The van der Waals surface area contributed by atoms with Crippen molar-refractivity contribution in [1.82, 2.24) is 4.90 Å². The molecular weight excluding hydrogens is 260 g/mol. The molecule has 0 saturated carbocycles. The SMILES string of the molecule is Cc1ccc(C(=O)N2CCC(C)(CN)C2)cc1C.Cl. The lowest BCUT2D eigenvalue weighted by Gasteiger charge is -2.22. The van der Waals surface area contributed by atoms with E-state index in [2.05, 4.69) is 13.8 Å². The van der Waals surface area contributed by atoms with Crippen molar-refractivity contribution in [1.29, 1.82) is 0 Å². The molecular formula is C15H23ClN2O. The van der Waals surface area contributed by atoms with E-state index in [1.807, 2.05) is 30.0 Å². The van der Waals surface area contributed by atoms with Crippen LogP contribution in [0.3, 0.4) is 0 Å². The average molecular weight is 283 g/mol. The third kappa shape index (κ3) is 3.28. The number of halogens is 1. The lowest BCUT2D eigenvalue weighted by molar-refractivity contribution is 0.0777. The lowest BCUT2D eigenvalue weighted by Crippen LogP contribution is -2.34. The quantitative estimate of drug-likeness (QED) is 0.906. The van der Waals surface area contributed by atoms with Crippen LogP contribution in [-0.4, -0.2) is 30.4 Å². The molecule has 19 heavy (non-hydrogen) atoms. The molecule has 1 unspecified atom stereocenters. The van der Waals surface area contributed by atoms with E-state index in [-0.39, 0.29) is 23.7 Å². The van der Waals surface area contributed by atoms with Crippen LogP contribution >= 0.6 is 12.4 Å². The number of aryl methyl sites for hydroxylation is 2. The molecule has 1 aromatic carbocycles. The summed E-state index contributed by atoms with van der Waals surface area (Å²) in [7, 11) is 0. The van der Waals surface area contributed by atoms with Crippen LogP contribution < -0.4 is 5.73 Å². The first-order valence-corrected chi connectivity index (χ1v) is 6.52. The maximum absolute atomic E-state index is 12.4. The molecule has 1 saturated heterocycles. The van der Waals surface area contributed by atoms with Crippen molar-refractivity contribution in [3.63, 3.8) is 0 Å². The smallest absolute Gasteiger partial charge is 0.253 e. The third-order valence-electron chi connectivity index (χ3n) is 4.09. The zero-order chi connectivity index (χ0) is 13.3. The number of amides is 1. The van der Waals surface area contributed by atoms with Crippen molar-refractivity contribution >= 4 is 18.3 Å². The summed E-state index contributed by atoms with van der Waals surface area (Å²) in [6.45, 7) is 8.49. The van der Waals surface area contributed by atoms with Crippen molar-refractivity contribution in [2.75, 3.05) is 19.6 Å². The second kappa shape index (κ2) is 5.93. The first-order valence-electron chi connectivity index (χ1n) is 6.52. The summed E-state index contributed by atoms with van der Waals surface area (Å²) in [5, 5.41) is 0. The standard InChI is InChI=1S/C15H22N2O.ClH/c1-11-4-5-13(8-12(11)2)14(18)17-7-6-15(3,9-16)10-17;/h4-5,8H,6-7,9-10,16H2,1-3H3;1H. The van der Waals surface area contributed by atoms with E-state index in [0.717, 1.165) is 25.1 Å². The van der Waals surface area contributed by atoms with Gasteiger partial charge in [0, 0.05) is 18.7 Å². The van der Waals surface area contributed by atoms with Gasteiger partial charge in [0.1, 0.15) is 0 Å². The summed E-state index contributed by atoms with van der Waals surface area (Å²) in [5.41, 5.74) is 9.05. The number of nitrogens with two attached hydrogens (primary N) is 1. The first kappa shape index (κ1) is 16.0. The fraction of sp³-hybridized carbons (Fsp3) is 0.533. The number of rotatable bonds is 2. The molecule has 106 valence electrons. The van der Waals surface area contributed by atoms with Gasteiger partial charge in [-0.15, -0.1) is 12.4 Å². The second-order valence-electron chi connectivity index (χ2n) is 5.79. The van der Waals surface area contributed by atoms with Crippen molar-refractivity contribution in [2.24, 2.45) is 11.1 Å². The second-order valence-corrected chi connectivity index (χ2v) is 5.79. The Morgan fingerprint density at radius 1 is 1.37 bits per heavy atom. The minimum absolute atomic E-state index is 0. The summed E-state index contributed by atoms with van der Waals surface area (Å²) in [4.78, 5) is 14.3. The maximum atomic E-state index is 12.4. The molecule has 0 aromatic heterocycles. The zero-order valence-electron chi connectivity index (χ0n) is 11.9. The van der Waals surface area contributed by atoms with Gasteiger partial charge in [0.2, 0.25) is 0 Å². The molecule has 2 N–H and O–H groups in total. The van der Waals surface area contributed by atoms with Crippen LogP contribution in [0.5, 0.6) is 0 Å². The molecule has 1 aliphatic rings. The summed E-state index contributed by atoms with van der Waals surface area (Å²) >= 11 is 0. The molecule has 4 heteroatoms. The molecule has 1 fully saturated rings. The number of carbonyl (C=O) groups excluding carboxylic acids is 1. The Labute approximate surface area is 121 Å². The molecule has 1 aromatic rings. The van der Waals surface area contributed by atoms with Gasteiger partial charge in [0.05, 0.1) is 0 Å². The summed E-state index contributed by atoms with van der Waals surface area (Å²) in [5.74, 6) is 0.135. The Morgan fingerprint density at radius 3 is 2.58 bits per heavy atom. The fourth-order valence-corrected chi connectivity index (χ4v) is 2.42. The number of carbonyl (C=O) groups is 1. The Balaban J connectivity index is 0.00000180. The van der Waals surface area contributed by atoms with Crippen LogP contribution in [0.25, 0.3) is 0 Å². The predicted octanol–water partition coefficient (Wildman–Crippen LogP) is 2.54. The van der Waals surface area contributed by atoms with E-state index in [4.69, 9.17) is 5.73 Å². The molecule has 1 aliphatic heterocycles. The number of hydrogen-bond acceptors (Lipinski definition) is 2. The highest BCUT2D eigenvalue weighted by Crippen LogP contribution is 2.29. The van der Waals surface area contributed by atoms with Crippen molar-refractivity contribution in [3.8, 4) is 0 Å². The van der Waals surface area contributed by atoms with Gasteiger partial charge in [-0.3, -0.25) is 4.79 Å². The molecule has 1 heterocycles. The van der Waals surface area contributed by atoms with Gasteiger partial charge in [-0.2, -0.15) is 0 Å². The summed E-state index contributed by atoms with van der Waals surface area (Å²) in [6, 6.07) is 5.92. The van der Waals surface area contributed by atoms with Gasteiger partial charge < -0.3 is 10.6 Å². The van der Waals surface area contributed by atoms with Gasteiger partial charge in [0.15, 0.2) is 0 Å². The molecule has 0 spiro atoms. The summed E-state index contributed by atoms with van der Waals surface area (Å²) < 4.78 is 0. The lowest BCUT2D eigenvalue weighted by atomic mass is 9.90. The molecule has 1 atom stereocenters. The minimum atomic E-state index is 0. The van der Waals surface area contributed by atoms with E-state index in [9.17, 15) is 4.79 Å². The molecule has 2 rings (SSSR count). The Morgan fingerprint density at radius 2 is 2.05 bits per heavy atom. The number of nitrogens with zero attached hydrogens (tertiary/aromatic N) is 1. The largest absolute Gasteiger partial charge is 0.338 e. The van der Waals surface area contributed by atoms with Gasteiger partial charge in [-0.25, -0.2) is 0 Å². The number of likely N-dealkylation sites (tertiary alicyclic amines) is 1. The number of hydrogen-bond donors (Lipinski definition) is 1. The monoisotopic (exact) mass is 282 g/mol. The van der Waals surface area contributed by atoms with Gasteiger partial charge in [-0.1, -0.05) is 13.0 Å². The minimum Gasteiger partial charge on any atom is -0.338 e. The molecule has 0 radical (unpaired) electrons. The molecule has 0 bridgehead atoms. The Bertz CT molecular complexity index is 475. The molecule has 0 aliphatic carbocycles. The van der Waals surface area contributed by atoms with Crippen LogP contribution in [0.2, 0.25) is 0 Å². The number of benzene rings is 1. The van der Waals surface area contributed by atoms with Crippen LogP contribution in [0.4, 0.5) is 0 Å². The third-order valence-corrected chi connectivity index (χ3v) is 4.09. The predicted molar refractivity (Wildman–Crippen MR) is 80.8 cm³/mol. The van der Waals surface area contributed by atoms with Crippen LogP contribution in [0.1, 0.15) is 34.8 Å². The van der Waals surface area contributed by atoms with E-state index >= 15 is 0 Å². The van der Waals surface area contributed by atoms with Crippen molar-refractivity contribution in [2.45, 2.75) is 27.2 Å². The molecule has 1 amide bonds. The first-order chi connectivity index (χ1) is 8.45. The van der Waals surface area contributed by atoms with E-state index in [1.165, 1.54) is 11.1 Å². The highest BCUT2D eigenvalue weighted by atomic mass is 35.5. The van der Waals surface area contributed by atoms with E-state index < -0.39 is 0 Å². The van der Waals surface area contributed by atoms with Gasteiger partial charge in [0.25, 0.3) is 5.91 Å². The van der Waals surface area contributed by atoms with Crippen molar-refractivity contribution < 1.29 is 4.79 Å². The summed E-state index contributed by atoms with van der Waals surface area (Å²) in [6.07, 6.45) is 1.00. The van der Waals surface area contributed by atoms with Crippen LogP contribution in [-0.2, 0) is 0 Å². The fourth-order valence-electron chi connectivity index (χ4n) is 2.42. The van der Waals surface area contributed by atoms with Crippen molar-refractivity contribution in [3.05, 3.63) is 34.9 Å². The van der Waals surface area contributed by atoms with E-state index in [1.54, 1.807) is 0 Å². The normalized spacial score (nSPS) is 22.2. The van der Waals surface area contributed by atoms with Gasteiger partial charge in [-0.05, 0) is 55.5 Å². The topological polar surface area (TPSA) is 46.3 Å². The highest BCUT2D eigenvalue weighted by molar-refractivity contribution is 5.94. The Kier molecular flexibility index (Phi) is 4.99. The molecule has 3 nitrogen and oxygen atoms in total. The van der Waals surface area contributed by atoms with Crippen LogP contribution in [0, 0.1) is 19.3 Å². The average Bonchev–Trinajstić information content (AvgIpc) is 2.75. The highest BCUT2D eigenvalue weighted by Gasteiger charge is 2.35. The maximum Gasteiger partial charge on any atom is 0.253 e. The Hall–Kier alpha value is -1.06. The van der Waals surface area contributed by atoms with Gasteiger partial charge >= 0.3 is 0 Å². The van der Waals surface area contributed by atoms with E-state index in [0.29, 0.717) is 6.54 Å². The van der Waals surface area contributed by atoms with Crippen LogP contribution in [0.15, 0.2) is 18.2 Å². The zero-order valence-corrected chi connectivity index (χ0v) is 12.7.